The average Bonchev–Trinajstić information content (AvgIpc) is 2.55. The first-order valence-corrected chi connectivity index (χ1v) is 7.19. The Morgan fingerprint density at radius 1 is 1.00 bits per heavy atom. The summed E-state index contributed by atoms with van der Waals surface area (Å²) in [6, 6.07) is 11.3. The second-order valence-corrected chi connectivity index (χ2v) is 4.77. The highest BCUT2D eigenvalue weighted by atomic mass is 16.5. The predicted octanol–water partition coefficient (Wildman–Crippen LogP) is 3.52. The first-order valence-electron chi connectivity index (χ1n) is 7.19. The minimum Gasteiger partial charge on any atom is -0.493 e. The quantitative estimate of drug-likeness (QED) is 0.464. The fourth-order valence-corrected chi connectivity index (χ4v) is 2.01. The number of carbonyl (C=O) groups is 2. The summed E-state index contributed by atoms with van der Waals surface area (Å²) in [7, 11) is 1.50. The molecular weight excluding hydrogens is 296 g/mol. The van der Waals surface area contributed by atoms with E-state index in [1.807, 2.05) is 6.92 Å². The zero-order valence-electron chi connectivity index (χ0n) is 13.3. The number of hydrogen-bond acceptors (Lipinski definition) is 5. The van der Waals surface area contributed by atoms with Gasteiger partial charge in [0, 0.05) is 5.56 Å². The van der Waals surface area contributed by atoms with Crippen LogP contribution in [0, 0.1) is 0 Å². The van der Waals surface area contributed by atoms with Crippen molar-refractivity contribution >= 4 is 11.8 Å². The molecule has 2 aromatic rings. The maximum Gasteiger partial charge on any atom is 0.343 e. The van der Waals surface area contributed by atoms with Crippen molar-refractivity contribution < 1.29 is 23.8 Å². The van der Waals surface area contributed by atoms with Crippen LogP contribution in [0.4, 0.5) is 0 Å². The van der Waals surface area contributed by atoms with Crippen molar-refractivity contribution in [3.05, 3.63) is 53.6 Å². The van der Waals surface area contributed by atoms with Gasteiger partial charge in [0.15, 0.2) is 17.3 Å². The summed E-state index contributed by atoms with van der Waals surface area (Å²) in [6.07, 6.45) is 0. The Morgan fingerprint density at radius 2 is 1.78 bits per heavy atom. The van der Waals surface area contributed by atoms with Gasteiger partial charge in [-0.3, -0.25) is 4.79 Å². The lowest BCUT2D eigenvalue weighted by Crippen LogP contribution is -2.09. The van der Waals surface area contributed by atoms with Crippen LogP contribution in [0.5, 0.6) is 17.2 Å². The Balaban J connectivity index is 2.20. The van der Waals surface area contributed by atoms with Gasteiger partial charge in [-0.1, -0.05) is 12.1 Å². The van der Waals surface area contributed by atoms with Crippen LogP contribution in [0.2, 0.25) is 0 Å². The molecule has 0 radical (unpaired) electrons. The smallest absolute Gasteiger partial charge is 0.343 e. The number of ketones is 1. The van der Waals surface area contributed by atoms with E-state index in [-0.39, 0.29) is 5.78 Å². The van der Waals surface area contributed by atoms with E-state index in [0.29, 0.717) is 35.0 Å². The molecule has 2 rings (SSSR count). The third-order valence-electron chi connectivity index (χ3n) is 3.15. The maximum absolute atomic E-state index is 12.2. The van der Waals surface area contributed by atoms with Gasteiger partial charge in [0.05, 0.1) is 19.3 Å². The average molecular weight is 314 g/mol. The number of rotatable bonds is 6. The van der Waals surface area contributed by atoms with Gasteiger partial charge in [0.25, 0.3) is 0 Å². The summed E-state index contributed by atoms with van der Waals surface area (Å²) in [4.78, 5) is 23.6. The molecule has 0 aliphatic rings. The number of Topliss-reactive ketones (excluding diaryl/α,β-unsaturated/α-hetero) is 1. The van der Waals surface area contributed by atoms with Gasteiger partial charge in [-0.15, -0.1) is 0 Å². The second kappa shape index (κ2) is 7.45. The van der Waals surface area contributed by atoms with Crippen LogP contribution in [0.15, 0.2) is 42.5 Å². The molecule has 0 bridgehead atoms. The largest absolute Gasteiger partial charge is 0.493 e. The topological polar surface area (TPSA) is 61.8 Å². The Morgan fingerprint density at radius 3 is 2.43 bits per heavy atom. The van der Waals surface area contributed by atoms with E-state index in [9.17, 15) is 9.59 Å². The normalized spacial score (nSPS) is 10.0. The molecule has 0 amide bonds. The van der Waals surface area contributed by atoms with Crippen LogP contribution in [0.1, 0.15) is 34.6 Å². The zero-order valence-corrected chi connectivity index (χ0v) is 13.3. The van der Waals surface area contributed by atoms with Gasteiger partial charge < -0.3 is 14.2 Å². The lowest BCUT2D eigenvalue weighted by atomic mass is 10.1. The molecule has 120 valence electrons. The van der Waals surface area contributed by atoms with Crippen LogP contribution in [0.3, 0.4) is 0 Å². The van der Waals surface area contributed by atoms with E-state index in [0.717, 1.165) is 0 Å². The summed E-state index contributed by atoms with van der Waals surface area (Å²) < 4.78 is 15.9. The molecule has 0 spiro atoms. The molecule has 0 heterocycles. The summed E-state index contributed by atoms with van der Waals surface area (Å²) in [5, 5.41) is 0. The van der Waals surface area contributed by atoms with Crippen LogP contribution < -0.4 is 14.2 Å². The fourth-order valence-electron chi connectivity index (χ4n) is 2.01. The monoisotopic (exact) mass is 314 g/mol. The van der Waals surface area contributed by atoms with Crippen molar-refractivity contribution in [2.75, 3.05) is 13.7 Å². The van der Waals surface area contributed by atoms with Gasteiger partial charge in [-0.25, -0.2) is 4.79 Å². The molecule has 0 atom stereocenters. The highest BCUT2D eigenvalue weighted by Crippen LogP contribution is 2.28. The minimum absolute atomic E-state index is 0.0920. The van der Waals surface area contributed by atoms with Crippen molar-refractivity contribution in [3.8, 4) is 17.2 Å². The Labute approximate surface area is 134 Å². The molecule has 0 fully saturated rings. The number of methoxy groups -OCH3 is 1. The first kappa shape index (κ1) is 16.5. The zero-order chi connectivity index (χ0) is 16.8. The third kappa shape index (κ3) is 4.10. The van der Waals surface area contributed by atoms with Crippen molar-refractivity contribution in [3.63, 3.8) is 0 Å². The molecule has 0 N–H and O–H groups in total. The van der Waals surface area contributed by atoms with Gasteiger partial charge in [-0.05, 0) is 44.2 Å². The summed E-state index contributed by atoms with van der Waals surface area (Å²) in [6.45, 7) is 3.82. The first-order chi connectivity index (χ1) is 11.0. The third-order valence-corrected chi connectivity index (χ3v) is 3.15. The Hall–Kier alpha value is -2.82. The molecule has 23 heavy (non-hydrogen) atoms. The highest BCUT2D eigenvalue weighted by Gasteiger charge is 2.13. The van der Waals surface area contributed by atoms with E-state index in [1.165, 1.54) is 20.1 Å². The lowest BCUT2D eigenvalue weighted by molar-refractivity contribution is 0.0733. The number of hydrogen-bond donors (Lipinski definition) is 0. The number of carbonyl (C=O) groups excluding carboxylic acids is 2. The molecular formula is C18H18O5. The van der Waals surface area contributed by atoms with E-state index in [1.54, 1.807) is 36.4 Å². The summed E-state index contributed by atoms with van der Waals surface area (Å²) in [5.41, 5.74) is 0.818. The summed E-state index contributed by atoms with van der Waals surface area (Å²) >= 11 is 0. The molecule has 5 nitrogen and oxygen atoms in total. The van der Waals surface area contributed by atoms with Gasteiger partial charge in [0.1, 0.15) is 5.75 Å². The Kier molecular flexibility index (Phi) is 5.36. The van der Waals surface area contributed by atoms with Crippen molar-refractivity contribution in [1.82, 2.24) is 0 Å². The van der Waals surface area contributed by atoms with Gasteiger partial charge >= 0.3 is 5.97 Å². The molecule has 0 saturated carbocycles. The molecule has 5 heteroatoms. The predicted molar refractivity (Wildman–Crippen MR) is 85.6 cm³/mol. The summed E-state index contributed by atoms with van der Waals surface area (Å²) in [5.74, 6) is 0.706. The second-order valence-electron chi connectivity index (χ2n) is 4.77. The van der Waals surface area contributed by atoms with Crippen LogP contribution in [-0.2, 0) is 0 Å². The lowest BCUT2D eigenvalue weighted by Gasteiger charge is -2.11. The Bertz CT molecular complexity index is 721. The molecule has 0 unspecified atom stereocenters. The highest BCUT2D eigenvalue weighted by molar-refractivity contribution is 5.95. The van der Waals surface area contributed by atoms with E-state index in [4.69, 9.17) is 14.2 Å². The van der Waals surface area contributed by atoms with Crippen LogP contribution in [0.25, 0.3) is 0 Å². The van der Waals surface area contributed by atoms with E-state index in [2.05, 4.69) is 0 Å². The number of esters is 1. The molecule has 0 aliphatic heterocycles. The van der Waals surface area contributed by atoms with E-state index >= 15 is 0 Å². The molecule has 0 aliphatic carbocycles. The van der Waals surface area contributed by atoms with Crippen molar-refractivity contribution in [1.29, 1.82) is 0 Å². The van der Waals surface area contributed by atoms with Crippen molar-refractivity contribution in [2.24, 2.45) is 0 Å². The van der Waals surface area contributed by atoms with Crippen LogP contribution >= 0.6 is 0 Å². The minimum atomic E-state index is -0.535. The van der Waals surface area contributed by atoms with Crippen molar-refractivity contribution in [2.45, 2.75) is 13.8 Å². The molecule has 2 aromatic carbocycles. The van der Waals surface area contributed by atoms with Gasteiger partial charge in [-0.2, -0.15) is 0 Å². The molecule has 0 aromatic heterocycles. The van der Waals surface area contributed by atoms with Gasteiger partial charge in [0.2, 0.25) is 0 Å². The SMILES string of the molecule is CCOc1ccc(C(=O)Oc2cccc(C(C)=O)c2)cc1OC. The maximum atomic E-state index is 12.2. The standard InChI is InChI=1S/C18H18O5/c1-4-22-16-9-8-14(11-17(16)21-3)18(20)23-15-7-5-6-13(10-15)12(2)19/h5-11H,4H2,1-3H3. The molecule has 0 saturated heterocycles. The van der Waals surface area contributed by atoms with E-state index < -0.39 is 5.97 Å². The number of ether oxygens (including phenoxy) is 3. The fraction of sp³-hybridized carbons (Fsp3) is 0.222. The van der Waals surface area contributed by atoms with Crippen LogP contribution in [-0.4, -0.2) is 25.5 Å². The number of benzene rings is 2.